The number of nitrogens with one attached hydrogen (secondary N) is 2. The number of anilines is 2. The topological polar surface area (TPSA) is 82.6 Å². The minimum atomic E-state index is 0.0846. The van der Waals surface area contributed by atoms with Crippen molar-refractivity contribution in [1.82, 2.24) is 20.2 Å². The predicted molar refractivity (Wildman–Crippen MR) is 109 cm³/mol. The van der Waals surface area contributed by atoms with E-state index in [4.69, 9.17) is 4.74 Å². The van der Waals surface area contributed by atoms with Crippen LogP contribution >= 0.6 is 0 Å². The Labute approximate surface area is 167 Å². The maximum absolute atomic E-state index is 11.9. The lowest BCUT2D eigenvalue weighted by molar-refractivity contribution is -0.0203. The first kappa shape index (κ1) is 19.2. The number of aromatic nitrogens is 2. The van der Waals surface area contributed by atoms with Gasteiger partial charge in [-0.1, -0.05) is 13.8 Å². The fourth-order valence-corrected chi connectivity index (χ4v) is 4.64. The summed E-state index contributed by atoms with van der Waals surface area (Å²) in [6.07, 6.45) is 6.00. The van der Waals surface area contributed by atoms with Crippen molar-refractivity contribution >= 4 is 17.7 Å². The lowest BCUT2D eigenvalue weighted by Crippen LogP contribution is -2.46. The van der Waals surface area contributed by atoms with E-state index in [1.165, 1.54) is 0 Å². The first-order valence-corrected chi connectivity index (χ1v) is 10.6. The fourth-order valence-electron chi connectivity index (χ4n) is 4.64. The van der Waals surface area contributed by atoms with E-state index < -0.39 is 0 Å². The van der Waals surface area contributed by atoms with Crippen LogP contribution in [0.1, 0.15) is 39.5 Å². The van der Waals surface area contributed by atoms with Crippen molar-refractivity contribution in [2.45, 2.75) is 57.7 Å². The van der Waals surface area contributed by atoms with Crippen molar-refractivity contribution in [1.29, 1.82) is 0 Å². The van der Waals surface area contributed by atoms with Crippen LogP contribution in [0, 0.1) is 5.92 Å². The van der Waals surface area contributed by atoms with Gasteiger partial charge in [0.2, 0.25) is 0 Å². The number of carbonyl (C=O) groups excluding carboxylic acids is 1. The molecule has 154 valence electrons. The van der Waals surface area contributed by atoms with E-state index >= 15 is 0 Å². The number of piperidine rings is 1. The van der Waals surface area contributed by atoms with Crippen LogP contribution in [-0.4, -0.2) is 71.9 Å². The Morgan fingerprint density at radius 2 is 2.04 bits per heavy atom. The molecular weight excluding hydrogens is 356 g/mol. The molecule has 4 rings (SSSR count). The third kappa shape index (κ3) is 4.16. The molecule has 2 atom stereocenters. The number of carbonyl (C=O) groups is 1. The summed E-state index contributed by atoms with van der Waals surface area (Å²) >= 11 is 0. The Kier molecular flexibility index (Phi) is 5.85. The molecule has 0 unspecified atom stereocenters. The van der Waals surface area contributed by atoms with Gasteiger partial charge in [-0.05, 0) is 31.6 Å². The van der Waals surface area contributed by atoms with Gasteiger partial charge in [-0.15, -0.1) is 0 Å². The van der Waals surface area contributed by atoms with Crippen molar-refractivity contribution in [3.05, 3.63) is 12.4 Å². The number of ether oxygens (including phenoxy) is 1. The molecule has 2 amide bonds. The zero-order valence-electron chi connectivity index (χ0n) is 16.9. The first-order valence-electron chi connectivity index (χ1n) is 10.6. The third-order valence-electron chi connectivity index (χ3n) is 6.13. The molecule has 4 heterocycles. The molecule has 0 aromatic carbocycles. The normalized spacial score (nSPS) is 26.6. The molecule has 2 N–H and O–H groups in total. The minimum absolute atomic E-state index is 0.0846. The van der Waals surface area contributed by atoms with Crippen molar-refractivity contribution in [2.24, 2.45) is 5.92 Å². The Hall–Kier alpha value is -2.09. The molecule has 8 heteroatoms. The van der Waals surface area contributed by atoms with Gasteiger partial charge in [0.05, 0.1) is 12.1 Å². The third-order valence-corrected chi connectivity index (χ3v) is 6.13. The molecule has 1 aromatic rings. The summed E-state index contributed by atoms with van der Waals surface area (Å²) in [7, 11) is 0. The first-order chi connectivity index (χ1) is 13.6. The lowest BCUT2D eigenvalue weighted by Gasteiger charge is -2.37. The highest BCUT2D eigenvalue weighted by Gasteiger charge is 2.31. The second-order valence-corrected chi connectivity index (χ2v) is 8.38. The zero-order chi connectivity index (χ0) is 19.5. The molecule has 0 radical (unpaired) electrons. The van der Waals surface area contributed by atoms with Crippen LogP contribution in [-0.2, 0) is 4.74 Å². The van der Waals surface area contributed by atoms with Gasteiger partial charge >= 0.3 is 6.03 Å². The van der Waals surface area contributed by atoms with Crippen LogP contribution < -0.4 is 15.5 Å². The molecule has 3 aliphatic heterocycles. The van der Waals surface area contributed by atoms with Crippen molar-refractivity contribution in [3.8, 4) is 0 Å². The molecule has 3 aliphatic rings. The standard InChI is InChI=1S/C20H32N6O2/c1-14(2)19-16(4-3-11-28-19)24-17-12-18(23-13-22-17)25-8-5-15(6-9-25)26-10-7-21-20(26)27/h12-16,19H,3-11H2,1-2H3,(H,21,27)(H,22,23,24)/t16-,19+/m1/s1. The van der Waals surface area contributed by atoms with E-state index in [0.29, 0.717) is 12.0 Å². The van der Waals surface area contributed by atoms with Crippen LogP contribution in [0.3, 0.4) is 0 Å². The maximum Gasteiger partial charge on any atom is 0.317 e. The number of urea groups is 1. The monoisotopic (exact) mass is 388 g/mol. The van der Waals surface area contributed by atoms with E-state index in [9.17, 15) is 4.79 Å². The number of nitrogens with zero attached hydrogens (tertiary/aromatic N) is 4. The number of amides is 2. The van der Waals surface area contributed by atoms with E-state index in [1.54, 1.807) is 6.33 Å². The summed E-state index contributed by atoms with van der Waals surface area (Å²) in [5.74, 6) is 2.30. The number of hydrogen-bond donors (Lipinski definition) is 2. The van der Waals surface area contributed by atoms with Crippen LogP contribution in [0.4, 0.5) is 16.4 Å². The zero-order valence-corrected chi connectivity index (χ0v) is 16.9. The highest BCUT2D eigenvalue weighted by atomic mass is 16.5. The number of hydrogen-bond acceptors (Lipinski definition) is 6. The minimum Gasteiger partial charge on any atom is -0.376 e. The second-order valence-electron chi connectivity index (χ2n) is 8.38. The Bertz CT molecular complexity index is 676. The van der Waals surface area contributed by atoms with Gasteiger partial charge < -0.3 is 25.2 Å². The highest BCUT2D eigenvalue weighted by Crippen LogP contribution is 2.26. The summed E-state index contributed by atoms with van der Waals surface area (Å²) in [4.78, 5) is 25.1. The van der Waals surface area contributed by atoms with Crippen molar-refractivity contribution in [3.63, 3.8) is 0 Å². The number of rotatable bonds is 5. The van der Waals surface area contributed by atoms with Crippen LogP contribution in [0.15, 0.2) is 12.4 Å². The Morgan fingerprint density at radius 1 is 1.21 bits per heavy atom. The van der Waals surface area contributed by atoms with Crippen LogP contribution in [0.5, 0.6) is 0 Å². The second kappa shape index (κ2) is 8.51. The van der Waals surface area contributed by atoms with E-state index in [1.807, 2.05) is 4.90 Å². The molecule has 0 spiro atoms. The van der Waals surface area contributed by atoms with Crippen molar-refractivity contribution in [2.75, 3.05) is 43.0 Å². The SMILES string of the molecule is CC(C)[C@@H]1OCCC[C@H]1Nc1cc(N2CCC(N3CCNC3=O)CC2)ncn1. The molecule has 8 nitrogen and oxygen atoms in total. The quantitative estimate of drug-likeness (QED) is 0.804. The lowest BCUT2D eigenvalue weighted by atomic mass is 9.93. The Balaban J connectivity index is 1.37. The molecule has 28 heavy (non-hydrogen) atoms. The molecule has 0 aliphatic carbocycles. The van der Waals surface area contributed by atoms with Gasteiger partial charge in [0.1, 0.15) is 18.0 Å². The van der Waals surface area contributed by atoms with Gasteiger partial charge in [-0.3, -0.25) is 0 Å². The smallest absolute Gasteiger partial charge is 0.317 e. The summed E-state index contributed by atoms with van der Waals surface area (Å²) in [5, 5.41) is 6.49. The summed E-state index contributed by atoms with van der Waals surface area (Å²) in [6.45, 7) is 8.67. The van der Waals surface area contributed by atoms with Crippen LogP contribution in [0.25, 0.3) is 0 Å². The summed E-state index contributed by atoms with van der Waals surface area (Å²) < 4.78 is 5.99. The van der Waals surface area contributed by atoms with Gasteiger partial charge in [-0.2, -0.15) is 0 Å². The van der Waals surface area contributed by atoms with E-state index in [-0.39, 0.29) is 18.2 Å². The highest BCUT2D eigenvalue weighted by molar-refractivity contribution is 5.76. The van der Waals surface area contributed by atoms with Gasteiger partial charge in [0, 0.05) is 44.9 Å². The fraction of sp³-hybridized carbons (Fsp3) is 0.750. The maximum atomic E-state index is 11.9. The van der Waals surface area contributed by atoms with Gasteiger partial charge in [0.25, 0.3) is 0 Å². The largest absolute Gasteiger partial charge is 0.376 e. The van der Waals surface area contributed by atoms with E-state index in [2.05, 4.69) is 45.4 Å². The van der Waals surface area contributed by atoms with Gasteiger partial charge in [0.15, 0.2) is 0 Å². The van der Waals surface area contributed by atoms with Crippen LogP contribution in [0.2, 0.25) is 0 Å². The molecule has 3 saturated heterocycles. The molecule has 0 bridgehead atoms. The molecular formula is C20H32N6O2. The summed E-state index contributed by atoms with van der Waals surface area (Å²) in [6, 6.07) is 2.76. The molecule has 3 fully saturated rings. The predicted octanol–water partition coefficient (Wildman–Crippen LogP) is 2.09. The Morgan fingerprint density at radius 3 is 2.75 bits per heavy atom. The van der Waals surface area contributed by atoms with Crippen molar-refractivity contribution < 1.29 is 9.53 Å². The average Bonchev–Trinajstić information content (AvgIpc) is 3.14. The average molecular weight is 389 g/mol. The summed E-state index contributed by atoms with van der Waals surface area (Å²) in [5.41, 5.74) is 0. The van der Waals surface area contributed by atoms with Gasteiger partial charge in [-0.25, -0.2) is 14.8 Å². The van der Waals surface area contributed by atoms with E-state index in [0.717, 1.165) is 70.1 Å². The molecule has 1 aromatic heterocycles. The molecule has 0 saturated carbocycles.